The third-order valence-corrected chi connectivity index (χ3v) is 0. The van der Waals surface area contributed by atoms with Crippen LogP contribution in [0.4, 0.5) is 0 Å². The summed E-state index contributed by atoms with van der Waals surface area (Å²) in [5.41, 5.74) is 0. The molecule has 0 heterocycles. The molecule has 0 radical (unpaired) electrons. The second-order valence-electron chi connectivity index (χ2n) is 0.0833. The first-order valence-electron chi connectivity index (χ1n) is 0.816. The molecule has 0 aliphatic carbocycles. The van der Waals surface area contributed by atoms with E-state index in [9.17, 15) is 0 Å². The van der Waals surface area contributed by atoms with E-state index in [4.69, 9.17) is 18.9 Å². The van der Waals surface area contributed by atoms with Gasteiger partial charge in [0.2, 0.25) is 0 Å². The van der Waals surface area contributed by atoms with Crippen molar-refractivity contribution in [3.05, 3.63) is 13.3 Å². The Morgan fingerprint density at radius 1 is 0.625 bits per heavy atom. The molecule has 0 aliphatic heterocycles. The predicted molar refractivity (Wildman–Crippen MR) is 77.8 cm³/mol. The first-order chi connectivity index (χ1) is 3.41. The molecule has 118 valence electrons. The molecule has 0 fully saturated rings. The zero-order valence-corrected chi connectivity index (χ0v) is 4.13. The van der Waals surface area contributed by atoms with Crippen molar-refractivity contribution in [2.75, 3.05) is 0 Å². The van der Waals surface area contributed by atoms with Crippen molar-refractivity contribution < 1.29 is 37.0 Å². The van der Waals surface area contributed by atoms with Gasteiger partial charge in [-0.2, -0.15) is 9.59 Å². The van der Waals surface area contributed by atoms with Gasteiger partial charge in [0.15, 0.2) is 0 Å². The summed E-state index contributed by atoms with van der Waals surface area (Å²) in [5.74, 6) is 0. The van der Waals surface area contributed by atoms with Gasteiger partial charge in [0.1, 0.15) is 0 Å². The van der Waals surface area contributed by atoms with Crippen LogP contribution >= 0.6 is 0 Å². The second-order valence-corrected chi connectivity index (χ2v) is 0.0833. The van der Waals surface area contributed by atoms with Gasteiger partial charge in [-0.3, -0.25) is 0 Å². The molecule has 0 saturated heterocycles. The van der Waals surface area contributed by atoms with Crippen molar-refractivity contribution in [2.45, 2.75) is 52.0 Å². The first-order valence-corrected chi connectivity index (χ1v) is 0.816. The van der Waals surface area contributed by atoms with Crippen LogP contribution in [-0.2, 0) is 18.9 Å². The molecule has 0 aromatic heterocycles. The fourth-order valence-corrected chi connectivity index (χ4v) is 0. The average Bonchev–Trinajstić information content (AvgIpc) is 1.78. The maximum atomic E-state index is 8.12. The van der Waals surface area contributed by atoms with Gasteiger partial charge in [0, 0.05) is 7.13 Å². The first kappa shape index (κ1) is 363. The van der Waals surface area contributed by atoms with E-state index >= 15 is 0 Å². The summed E-state index contributed by atoms with van der Waals surface area (Å²) >= 11 is 0. The molecule has 0 atom stereocenters. The fraction of sp³-hybridized carbons (Fsp3) is 0.700. The predicted octanol–water partition coefficient (Wildman–Crippen LogP) is 3.37. The van der Waals surface area contributed by atoms with Crippen molar-refractivity contribution >= 4 is 6.15 Å². The topological polar surface area (TPSA) is 137 Å². The van der Waals surface area contributed by atoms with Gasteiger partial charge in [-0.05, 0) is 0 Å². The van der Waals surface area contributed by atoms with E-state index in [1.165, 1.54) is 0 Å². The van der Waals surface area contributed by atoms with E-state index in [1.54, 1.807) is 0 Å². The summed E-state index contributed by atoms with van der Waals surface area (Å²) in [6.45, 7) is 9.00. The van der Waals surface area contributed by atoms with Crippen molar-refractivity contribution in [1.82, 2.24) is 0 Å². The van der Waals surface area contributed by atoms with Crippen LogP contribution in [0.15, 0.2) is 0 Å². The number of rotatable bonds is 0. The van der Waals surface area contributed by atoms with Crippen LogP contribution in [0.5, 0.6) is 0 Å². The largest absolute Gasteiger partial charge is 0 e. The summed E-state index contributed by atoms with van der Waals surface area (Å²) in [4.78, 5) is 16.2. The van der Waals surface area contributed by atoms with Crippen LogP contribution in [0.1, 0.15) is 59.1 Å². The minimum atomic E-state index is 0. The quantitative estimate of drug-likeness (QED) is 0.485. The molecule has 0 saturated carbocycles. The SMILES string of the molecule is C.C.C.C.C.C.C.O.O.O=C=O.[C-]#[O+].[C-]#[O+].[HH].[HH].[HH].[HH].[HH]. The zero-order valence-electron chi connectivity index (χ0n) is 4.13. The van der Waals surface area contributed by atoms with Crippen molar-refractivity contribution in [3.8, 4) is 0 Å². The summed E-state index contributed by atoms with van der Waals surface area (Å²) < 4.78 is 15.0. The molecule has 0 amide bonds. The van der Waals surface area contributed by atoms with E-state index in [-0.39, 0.29) is 76.2 Å². The average molecular weight is 258 g/mol. The van der Waals surface area contributed by atoms with Gasteiger partial charge < -0.3 is 11.0 Å². The summed E-state index contributed by atoms with van der Waals surface area (Å²) in [6, 6.07) is 0. The maximum Gasteiger partial charge on any atom is 0 e. The molecule has 0 aliphatic rings. The van der Waals surface area contributed by atoms with E-state index in [0.29, 0.717) is 0 Å². The Morgan fingerprint density at radius 2 is 0.625 bits per heavy atom. The van der Waals surface area contributed by atoms with E-state index in [0.717, 1.165) is 0 Å². The maximum absolute atomic E-state index is 8.12. The standard InChI is InChI=1S/CO2.2CO.7CH4.2H2O.5H2/c2-1-3;2*1-2;;;;;;;;;;;;;;/h;;;7*1H4;2*1H2;5*1H. The van der Waals surface area contributed by atoms with Crippen LogP contribution in [0, 0.1) is 13.3 Å². The van der Waals surface area contributed by atoms with Crippen molar-refractivity contribution in [3.63, 3.8) is 0 Å². The molecule has 0 spiro atoms. The van der Waals surface area contributed by atoms with Crippen LogP contribution in [0.2, 0.25) is 0 Å². The molecular formula is C10H42O6. The van der Waals surface area contributed by atoms with Crippen LogP contribution in [0.25, 0.3) is 0 Å². The normalized spacial score (nSPS) is 0.750. The Bertz CT molecular complexity index is 92.4. The summed E-state index contributed by atoms with van der Waals surface area (Å²) in [5, 5.41) is 0. The molecule has 6 heteroatoms. The van der Waals surface area contributed by atoms with Gasteiger partial charge in [-0.15, -0.1) is 0 Å². The van der Waals surface area contributed by atoms with Gasteiger partial charge in [0.05, 0.1) is 0 Å². The Hall–Kier alpha value is -1.22. The fourth-order valence-electron chi connectivity index (χ4n) is 0. The number of hydrogen-bond acceptors (Lipinski definition) is 2. The van der Waals surface area contributed by atoms with E-state index < -0.39 is 0 Å². The number of carbonyl (C=O) groups excluding carboxylic acids is 2. The van der Waals surface area contributed by atoms with Crippen LogP contribution in [-0.4, -0.2) is 17.1 Å². The zero-order chi connectivity index (χ0) is 6.71. The monoisotopic (exact) mass is 258 g/mol. The molecule has 6 nitrogen and oxygen atoms in total. The Morgan fingerprint density at radius 3 is 0.625 bits per heavy atom. The Kier molecular flexibility index (Phi) is 1060000. The second kappa shape index (κ2) is 46500. The number of hydrogen-bond donors (Lipinski definition) is 0. The molecule has 16 heavy (non-hydrogen) atoms. The van der Waals surface area contributed by atoms with Crippen LogP contribution in [0.3, 0.4) is 0 Å². The molecule has 0 unspecified atom stereocenters. The summed E-state index contributed by atoms with van der Waals surface area (Å²) in [7, 11) is 0. The molecule has 0 aromatic carbocycles. The van der Waals surface area contributed by atoms with E-state index in [2.05, 4.69) is 13.3 Å². The van der Waals surface area contributed by atoms with Crippen LogP contribution < -0.4 is 0 Å². The molecule has 4 N–H and O–H groups in total. The Balaban J connectivity index is -0.000000000577. The summed E-state index contributed by atoms with van der Waals surface area (Å²) in [6.07, 6.45) is 0.250. The molecule has 0 bridgehead atoms. The Labute approximate surface area is 110 Å². The third-order valence-electron chi connectivity index (χ3n) is 0. The minimum absolute atomic E-state index is 0. The smallest absolute Gasteiger partial charge is 0 e. The molecule has 0 aromatic rings. The van der Waals surface area contributed by atoms with Gasteiger partial charge in [-0.1, -0.05) is 52.0 Å². The van der Waals surface area contributed by atoms with E-state index in [1.807, 2.05) is 0 Å². The van der Waals surface area contributed by atoms with Crippen molar-refractivity contribution in [2.24, 2.45) is 0 Å². The van der Waals surface area contributed by atoms with Gasteiger partial charge in [-0.25, -0.2) is 0 Å². The van der Waals surface area contributed by atoms with Crippen molar-refractivity contribution in [1.29, 1.82) is 0 Å². The molecule has 0 rings (SSSR count). The minimum Gasteiger partial charge on any atom is 0 e. The third kappa shape index (κ3) is 1190. The van der Waals surface area contributed by atoms with Gasteiger partial charge in [0.25, 0.3) is 0 Å². The van der Waals surface area contributed by atoms with Gasteiger partial charge >= 0.3 is 28.8 Å². The molecular weight excluding hydrogens is 216 g/mol.